The highest BCUT2D eigenvalue weighted by Crippen LogP contribution is 2.64. The Balaban J connectivity index is 2.20. The molecule has 1 aliphatic rings. The van der Waals surface area contributed by atoms with Gasteiger partial charge in [-0.1, -0.05) is 82.3 Å². The van der Waals surface area contributed by atoms with E-state index in [1.165, 1.54) is 11.1 Å². The number of hydrogen-bond acceptors (Lipinski definition) is 2. The molecule has 1 heterocycles. The molecule has 0 aromatic heterocycles. The van der Waals surface area contributed by atoms with Gasteiger partial charge in [-0.05, 0) is 25.0 Å². The minimum Gasteiger partial charge on any atom is -0.441 e. The number of benzene rings is 2. The normalized spacial score (nSPS) is 23.6. The molecule has 1 saturated heterocycles. The van der Waals surface area contributed by atoms with E-state index in [0.717, 1.165) is 0 Å². The first-order valence-corrected chi connectivity index (χ1v) is 8.91. The highest BCUT2D eigenvalue weighted by Gasteiger charge is 2.59. The minimum absolute atomic E-state index is 0.0592. The third kappa shape index (κ3) is 2.09. The summed E-state index contributed by atoms with van der Waals surface area (Å²) in [5, 5.41) is 8.87. The molecule has 20 heavy (non-hydrogen) atoms. The maximum Gasteiger partial charge on any atom is 0.193 e. The summed E-state index contributed by atoms with van der Waals surface area (Å²) >= 11 is 0. The predicted octanol–water partition coefficient (Wildman–Crippen LogP) is 4.20. The Bertz CT molecular complexity index is 541. The Labute approximate surface area is 128 Å². The Morgan fingerprint density at radius 3 is 1.60 bits per heavy atom. The topological polar surface area (TPSA) is 22.9 Å². The van der Waals surface area contributed by atoms with Gasteiger partial charge < -0.3 is 5.11 Å². The quantitative estimate of drug-likeness (QED) is 0.613. The Kier molecular flexibility index (Phi) is 3.61. The smallest absolute Gasteiger partial charge is 0.193 e. The predicted molar refractivity (Wildman–Crippen MR) is 90.3 cm³/mol. The molecule has 0 aliphatic carbocycles. The van der Waals surface area contributed by atoms with Crippen molar-refractivity contribution in [2.75, 3.05) is 0 Å². The van der Waals surface area contributed by atoms with E-state index in [9.17, 15) is 0 Å². The SMILES string of the molecule is CC1(C)SSC(c2ccccc2)(c2ccccc2)C1[OH2+]. The highest BCUT2D eigenvalue weighted by molar-refractivity contribution is 8.78. The van der Waals surface area contributed by atoms with E-state index in [-0.39, 0.29) is 15.6 Å². The lowest BCUT2D eigenvalue weighted by Crippen LogP contribution is -2.43. The molecule has 0 radical (unpaired) electrons. The average Bonchev–Trinajstić information content (AvgIpc) is 2.73. The average molecular weight is 303 g/mol. The zero-order valence-electron chi connectivity index (χ0n) is 11.7. The van der Waals surface area contributed by atoms with Crippen LogP contribution in [0.3, 0.4) is 0 Å². The van der Waals surface area contributed by atoms with Crippen LogP contribution in [0.4, 0.5) is 0 Å². The lowest BCUT2D eigenvalue weighted by molar-refractivity contribution is 0.116. The van der Waals surface area contributed by atoms with Crippen LogP contribution in [0.15, 0.2) is 60.7 Å². The van der Waals surface area contributed by atoms with E-state index >= 15 is 0 Å². The van der Waals surface area contributed by atoms with Crippen LogP contribution in [0.2, 0.25) is 0 Å². The molecule has 1 nitrogen and oxygen atoms in total. The summed E-state index contributed by atoms with van der Waals surface area (Å²) in [7, 11) is 3.67. The fraction of sp³-hybridized carbons (Fsp3) is 0.294. The van der Waals surface area contributed by atoms with E-state index in [1.54, 1.807) is 0 Å². The maximum atomic E-state index is 8.87. The van der Waals surface area contributed by atoms with Gasteiger partial charge in [0.25, 0.3) is 0 Å². The standard InChI is InChI=1S/C17H18OS2/c1-16(2)15(18)17(20-19-16,13-9-5-3-6-10-13)14-11-7-4-8-12-14/h3-12,15,18H,1-2H3/p+1. The first-order valence-electron chi connectivity index (χ1n) is 6.76. The lowest BCUT2D eigenvalue weighted by Gasteiger charge is -2.32. The largest absolute Gasteiger partial charge is 0.441 e. The van der Waals surface area contributed by atoms with Crippen molar-refractivity contribution in [3.8, 4) is 0 Å². The lowest BCUT2D eigenvalue weighted by atomic mass is 9.80. The van der Waals surface area contributed by atoms with E-state index in [1.807, 2.05) is 33.7 Å². The van der Waals surface area contributed by atoms with Crippen LogP contribution in [0, 0.1) is 0 Å². The molecule has 2 aromatic carbocycles. The van der Waals surface area contributed by atoms with E-state index in [4.69, 9.17) is 5.11 Å². The van der Waals surface area contributed by atoms with Gasteiger partial charge in [0.1, 0.15) is 4.75 Å². The van der Waals surface area contributed by atoms with Gasteiger partial charge in [0.05, 0.1) is 4.75 Å². The molecule has 0 spiro atoms. The second-order valence-corrected chi connectivity index (χ2v) is 8.70. The van der Waals surface area contributed by atoms with Crippen LogP contribution in [0.1, 0.15) is 25.0 Å². The molecular weight excluding hydrogens is 284 g/mol. The minimum atomic E-state index is -0.281. The molecule has 2 aromatic rings. The monoisotopic (exact) mass is 303 g/mol. The van der Waals surface area contributed by atoms with Crippen LogP contribution in [0.25, 0.3) is 0 Å². The van der Waals surface area contributed by atoms with Gasteiger partial charge in [-0.3, -0.25) is 0 Å². The fourth-order valence-electron chi connectivity index (χ4n) is 2.73. The third-order valence-electron chi connectivity index (χ3n) is 3.89. The van der Waals surface area contributed by atoms with Gasteiger partial charge >= 0.3 is 0 Å². The van der Waals surface area contributed by atoms with E-state index in [0.29, 0.717) is 0 Å². The molecule has 2 N–H and O–H groups in total. The molecule has 0 bridgehead atoms. The van der Waals surface area contributed by atoms with Crippen molar-refractivity contribution in [2.45, 2.75) is 29.4 Å². The molecule has 1 atom stereocenters. The van der Waals surface area contributed by atoms with Crippen LogP contribution in [0.5, 0.6) is 0 Å². The van der Waals surface area contributed by atoms with Gasteiger partial charge in [-0.2, -0.15) is 0 Å². The van der Waals surface area contributed by atoms with Crippen molar-refractivity contribution in [3.05, 3.63) is 71.8 Å². The van der Waals surface area contributed by atoms with Gasteiger partial charge in [0, 0.05) is 0 Å². The summed E-state index contributed by atoms with van der Waals surface area (Å²) in [4.78, 5) is 0. The summed E-state index contributed by atoms with van der Waals surface area (Å²) in [5.41, 5.74) is 2.46. The van der Waals surface area contributed by atoms with Crippen molar-refractivity contribution in [3.63, 3.8) is 0 Å². The molecule has 1 fully saturated rings. The first kappa shape index (κ1) is 14.1. The van der Waals surface area contributed by atoms with E-state index < -0.39 is 0 Å². The van der Waals surface area contributed by atoms with Crippen LogP contribution < -0.4 is 0 Å². The number of rotatable bonds is 2. The molecular formula is C17H19OS2+. The molecule has 3 rings (SSSR count). The highest BCUT2D eigenvalue weighted by atomic mass is 33.1. The Hall–Kier alpha value is -0.900. The van der Waals surface area contributed by atoms with Crippen molar-refractivity contribution in [2.24, 2.45) is 0 Å². The number of hydrogen-bond donors (Lipinski definition) is 0. The second kappa shape index (κ2) is 5.14. The first-order chi connectivity index (χ1) is 9.57. The van der Waals surface area contributed by atoms with Crippen LogP contribution in [-0.2, 0) is 4.75 Å². The zero-order chi connectivity index (χ0) is 14.2. The molecule has 0 saturated carbocycles. The summed E-state index contributed by atoms with van der Waals surface area (Å²) < 4.78 is -0.340. The molecule has 1 aliphatic heterocycles. The summed E-state index contributed by atoms with van der Waals surface area (Å²) in [6.45, 7) is 4.35. The van der Waals surface area contributed by atoms with Gasteiger partial charge in [-0.25, -0.2) is 0 Å². The molecule has 1 unspecified atom stereocenters. The second-order valence-electron chi connectivity index (χ2n) is 5.67. The summed E-state index contributed by atoms with van der Waals surface area (Å²) in [6.07, 6.45) is -0.185. The van der Waals surface area contributed by atoms with Gasteiger partial charge in [0.15, 0.2) is 6.10 Å². The molecule has 0 amide bonds. The van der Waals surface area contributed by atoms with Crippen molar-refractivity contribution in [1.29, 1.82) is 0 Å². The zero-order valence-corrected chi connectivity index (χ0v) is 13.3. The maximum absolute atomic E-state index is 8.87. The molecule has 104 valence electrons. The van der Waals surface area contributed by atoms with Crippen molar-refractivity contribution >= 4 is 21.6 Å². The fourth-order valence-corrected chi connectivity index (χ4v) is 6.47. The summed E-state index contributed by atoms with van der Waals surface area (Å²) in [6, 6.07) is 21.0. The van der Waals surface area contributed by atoms with Crippen molar-refractivity contribution < 1.29 is 5.11 Å². The van der Waals surface area contributed by atoms with Gasteiger partial charge in [-0.15, -0.1) is 0 Å². The van der Waals surface area contributed by atoms with Gasteiger partial charge in [0.2, 0.25) is 0 Å². The molecule has 3 heteroatoms. The van der Waals surface area contributed by atoms with Crippen LogP contribution >= 0.6 is 21.6 Å². The summed E-state index contributed by atoms with van der Waals surface area (Å²) in [5.74, 6) is 0. The van der Waals surface area contributed by atoms with Crippen molar-refractivity contribution in [1.82, 2.24) is 0 Å². The third-order valence-corrected chi connectivity index (χ3v) is 7.94. The Morgan fingerprint density at radius 2 is 1.25 bits per heavy atom. The Morgan fingerprint density at radius 1 is 0.800 bits per heavy atom. The van der Waals surface area contributed by atoms with E-state index in [2.05, 4.69) is 62.4 Å². The van der Waals surface area contributed by atoms with Crippen LogP contribution in [-0.4, -0.2) is 16.0 Å².